The molecule has 0 saturated heterocycles. The van der Waals surface area contributed by atoms with Gasteiger partial charge in [0.25, 0.3) is 5.91 Å². The van der Waals surface area contributed by atoms with Gasteiger partial charge in [-0.1, -0.05) is 36.4 Å². The highest BCUT2D eigenvalue weighted by atomic mass is 16.2. The first-order valence-corrected chi connectivity index (χ1v) is 9.23. The Morgan fingerprint density at radius 1 is 1.00 bits per heavy atom. The van der Waals surface area contributed by atoms with E-state index in [1.54, 1.807) is 18.3 Å². The van der Waals surface area contributed by atoms with Crippen molar-refractivity contribution in [1.82, 2.24) is 10.3 Å². The van der Waals surface area contributed by atoms with Crippen LogP contribution in [0.25, 0.3) is 0 Å². The number of benzene rings is 2. The fourth-order valence-electron chi connectivity index (χ4n) is 2.90. The van der Waals surface area contributed by atoms with Crippen LogP contribution in [0.2, 0.25) is 0 Å². The normalized spacial score (nSPS) is 10.3. The van der Waals surface area contributed by atoms with Crippen LogP contribution in [0.5, 0.6) is 0 Å². The van der Waals surface area contributed by atoms with E-state index in [2.05, 4.69) is 28.6 Å². The average Bonchev–Trinajstić information content (AvgIpc) is 2.72. The highest BCUT2D eigenvalue weighted by Crippen LogP contribution is 2.13. The fourth-order valence-corrected chi connectivity index (χ4v) is 2.90. The van der Waals surface area contributed by atoms with E-state index in [4.69, 9.17) is 0 Å². The van der Waals surface area contributed by atoms with Crippen molar-refractivity contribution in [3.63, 3.8) is 0 Å². The van der Waals surface area contributed by atoms with Gasteiger partial charge in [-0.25, -0.2) is 0 Å². The first kappa shape index (κ1) is 19.3. The topological polar surface area (TPSA) is 71.1 Å². The second kappa shape index (κ2) is 9.46. The molecule has 2 N–H and O–H groups in total. The summed E-state index contributed by atoms with van der Waals surface area (Å²) in [6.45, 7) is 2.43. The summed E-state index contributed by atoms with van der Waals surface area (Å²) in [6.07, 6.45) is 4.29. The van der Waals surface area contributed by atoms with Crippen LogP contribution in [0.1, 0.15) is 33.5 Å². The maximum Gasteiger partial charge on any atom is 0.253 e. The van der Waals surface area contributed by atoms with E-state index < -0.39 is 0 Å². The van der Waals surface area contributed by atoms with E-state index in [1.807, 2.05) is 42.5 Å². The van der Waals surface area contributed by atoms with Crippen molar-refractivity contribution < 1.29 is 9.59 Å². The van der Waals surface area contributed by atoms with E-state index in [0.717, 1.165) is 11.3 Å². The number of nitrogens with zero attached hydrogens (tertiary/aromatic N) is 1. The summed E-state index contributed by atoms with van der Waals surface area (Å²) in [7, 11) is 0. The molecule has 2 aromatic carbocycles. The van der Waals surface area contributed by atoms with Crippen molar-refractivity contribution in [3.05, 3.63) is 95.3 Å². The number of pyridine rings is 1. The highest BCUT2D eigenvalue weighted by Gasteiger charge is 2.07. The number of aryl methyl sites for hydroxylation is 2. The van der Waals surface area contributed by atoms with Crippen LogP contribution >= 0.6 is 0 Å². The molecule has 1 aromatic heterocycles. The van der Waals surface area contributed by atoms with Crippen LogP contribution in [0.3, 0.4) is 0 Å². The largest absolute Gasteiger partial charge is 0.348 e. The first-order valence-electron chi connectivity index (χ1n) is 9.23. The molecule has 0 fully saturated rings. The predicted molar refractivity (Wildman–Crippen MR) is 110 cm³/mol. The first-order chi connectivity index (χ1) is 13.6. The van der Waals surface area contributed by atoms with Crippen LogP contribution in [0.15, 0.2) is 73.1 Å². The SMILES string of the molecule is Cc1ccccc1CCC(=O)Nc1cccc(CNC(=O)c2cccnc2)c1. The van der Waals surface area contributed by atoms with Crippen LogP contribution in [-0.2, 0) is 17.8 Å². The van der Waals surface area contributed by atoms with Crippen LogP contribution in [0, 0.1) is 6.92 Å². The van der Waals surface area contributed by atoms with Gasteiger partial charge in [-0.15, -0.1) is 0 Å². The molecule has 142 valence electrons. The van der Waals surface area contributed by atoms with Gasteiger partial charge in [-0.05, 0) is 54.3 Å². The smallest absolute Gasteiger partial charge is 0.253 e. The minimum Gasteiger partial charge on any atom is -0.348 e. The maximum atomic E-state index is 12.3. The summed E-state index contributed by atoms with van der Waals surface area (Å²) in [6, 6.07) is 19.0. The Labute approximate surface area is 164 Å². The van der Waals surface area contributed by atoms with Gasteiger partial charge < -0.3 is 10.6 Å². The molecule has 2 amide bonds. The second-order valence-electron chi connectivity index (χ2n) is 6.60. The monoisotopic (exact) mass is 373 g/mol. The molecule has 0 aliphatic rings. The number of amides is 2. The van der Waals surface area contributed by atoms with Gasteiger partial charge in [0, 0.05) is 31.0 Å². The molecular formula is C23H23N3O2. The van der Waals surface area contributed by atoms with Gasteiger partial charge in [0.2, 0.25) is 5.91 Å². The lowest BCUT2D eigenvalue weighted by Gasteiger charge is -2.09. The van der Waals surface area contributed by atoms with Crippen molar-refractivity contribution in [1.29, 1.82) is 0 Å². The lowest BCUT2D eigenvalue weighted by molar-refractivity contribution is -0.116. The molecule has 0 aliphatic carbocycles. The Hall–Kier alpha value is -3.47. The lowest BCUT2D eigenvalue weighted by atomic mass is 10.0. The Morgan fingerprint density at radius 2 is 1.86 bits per heavy atom. The molecule has 0 spiro atoms. The maximum absolute atomic E-state index is 12.3. The summed E-state index contributed by atoms with van der Waals surface area (Å²) in [5.41, 5.74) is 4.53. The van der Waals surface area contributed by atoms with Gasteiger partial charge in [-0.2, -0.15) is 0 Å². The second-order valence-corrected chi connectivity index (χ2v) is 6.60. The number of nitrogens with one attached hydrogen (secondary N) is 2. The quantitative estimate of drug-likeness (QED) is 0.660. The zero-order valence-electron chi connectivity index (χ0n) is 15.8. The zero-order valence-corrected chi connectivity index (χ0v) is 15.8. The molecule has 5 heteroatoms. The van der Waals surface area contributed by atoms with Crippen molar-refractivity contribution in [2.24, 2.45) is 0 Å². The Bertz CT molecular complexity index is 955. The molecular weight excluding hydrogens is 350 g/mol. The standard InChI is InChI=1S/C23H23N3O2/c1-17-6-2-3-8-19(17)11-12-22(27)26-21-10-4-7-18(14-21)15-25-23(28)20-9-5-13-24-16-20/h2-10,13-14,16H,11-12,15H2,1H3,(H,25,28)(H,26,27). The molecule has 5 nitrogen and oxygen atoms in total. The fraction of sp³-hybridized carbons (Fsp3) is 0.174. The molecule has 0 saturated carbocycles. The summed E-state index contributed by atoms with van der Waals surface area (Å²) in [4.78, 5) is 28.3. The molecule has 3 rings (SSSR count). The van der Waals surface area contributed by atoms with Gasteiger partial charge >= 0.3 is 0 Å². The van der Waals surface area contributed by atoms with Crippen LogP contribution in [0.4, 0.5) is 5.69 Å². The summed E-state index contributed by atoms with van der Waals surface area (Å²) < 4.78 is 0. The van der Waals surface area contributed by atoms with E-state index >= 15 is 0 Å². The third kappa shape index (κ3) is 5.51. The van der Waals surface area contributed by atoms with Crippen molar-refractivity contribution in [2.45, 2.75) is 26.3 Å². The van der Waals surface area contributed by atoms with Crippen molar-refractivity contribution in [3.8, 4) is 0 Å². The molecule has 3 aromatic rings. The molecule has 1 heterocycles. The van der Waals surface area contributed by atoms with Gasteiger partial charge in [0.05, 0.1) is 5.56 Å². The molecule has 0 radical (unpaired) electrons. The molecule has 0 atom stereocenters. The van der Waals surface area contributed by atoms with Crippen molar-refractivity contribution >= 4 is 17.5 Å². The Balaban J connectivity index is 1.52. The molecule has 28 heavy (non-hydrogen) atoms. The number of carbonyl (C=O) groups is 2. The van der Waals surface area contributed by atoms with Gasteiger partial charge in [0.1, 0.15) is 0 Å². The number of hydrogen-bond donors (Lipinski definition) is 2. The van der Waals surface area contributed by atoms with Crippen LogP contribution in [-0.4, -0.2) is 16.8 Å². The number of hydrogen-bond acceptors (Lipinski definition) is 3. The minimum atomic E-state index is -0.180. The number of anilines is 1. The third-order valence-electron chi connectivity index (χ3n) is 4.47. The number of rotatable bonds is 7. The Morgan fingerprint density at radius 3 is 2.64 bits per heavy atom. The summed E-state index contributed by atoms with van der Waals surface area (Å²) in [5, 5.41) is 5.79. The lowest BCUT2D eigenvalue weighted by Crippen LogP contribution is -2.23. The highest BCUT2D eigenvalue weighted by molar-refractivity contribution is 5.94. The number of carbonyl (C=O) groups excluding carboxylic acids is 2. The van der Waals surface area contributed by atoms with E-state index in [0.29, 0.717) is 24.9 Å². The summed E-state index contributed by atoms with van der Waals surface area (Å²) >= 11 is 0. The molecule has 0 aliphatic heterocycles. The van der Waals surface area contributed by atoms with E-state index in [-0.39, 0.29) is 11.8 Å². The van der Waals surface area contributed by atoms with Crippen LogP contribution < -0.4 is 10.6 Å². The predicted octanol–water partition coefficient (Wildman–Crippen LogP) is 3.89. The summed E-state index contributed by atoms with van der Waals surface area (Å²) in [5.74, 6) is -0.208. The van der Waals surface area contributed by atoms with Crippen molar-refractivity contribution in [2.75, 3.05) is 5.32 Å². The third-order valence-corrected chi connectivity index (χ3v) is 4.47. The average molecular weight is 373 g/mol. The van der Waals surface area contributed by atoms with Gasteiger partial charge in [-0.3, -0.25) is 14.6 Å². The number of aromatic nitrogens is 1. The molecule has 0 bridgehead atoms. The van der Waals surface area contributed by atoms with Gasteiger partial charge in [0.15, 0.2) is 0 Å². The zero-order chi connectivity index (χ0) is 19.8. The molecule has 0 unspecified atom stereocenters. The minimum absolute atomic E-state index is 0.0280. The Kier molecular flexibility index (Phi) is 6.52. The van der Waals surface area contributed by atoms with E-state index in [9.17, 15) is 9.59 Å². The van der Waals surface area contributed by atoms with E-state index in [1.165, 1.54) is 17.3 Å².